The Morgan fingerprint density at radius 3 is 2.22 bits per heavy atom. The van der Waals surface area contributed by atoms with Crippen LogP contribution in [0.15, 0.2) is 134 Å². The molecule has 0 N–H and O–H groups in total. The molecule has 1 radical (unpaired) electrons. The number of rotatable bonds is 7. The molecule has 5 aromatic carbocycles. The third kappa shape index (κ3) is 8.11. The van der Waals surface area contributed by atoms with Crippen molar-refractivity contribution < 1.29 is 20.1 Å². The molecule has 0 amide bonds. The van der Waals surface area contributed by atoms with Crippen LogP contribution in [-0.2, 0) is 20.1 Å². The van der Waals surface area contributed by atoms with E-state index >= 15 is 0 Å². The number of nitrogens with zero attached hydrogens (tertiary/aromatic N) is 2. The summed E-state index contributed by atoms with van der Waals surface area (Å²) >= 11 is 0.134. The van der Waals surface area contributed by atoms with Crippen LogP contribution in [0, 0.1) is 12.1 Å². The van der Waals surface area contributed by atoms with Gasteiger partial charge in [0.05, 0.1) is 0 Å². The van der Waals surface area contributed by atoms with Gasteiger partial charge in [0.15, 0.2) is 0 Å². The second-order valence-electron chi connectivity index (χ2n) is 13.9. The van der Waals surface area contributed by atoms with Crippen LogP contribution >= 0.6 is 11.3 Å². The maximum atomic E-state index is 4.68. The first-order chi connectivity index (χ1) is 24.3. The smallest absolute Gasteiger partial charge is 0 e. The van der Waals surface area contributed by atoms with Crippen molar-refractivity contribution in [1.29, 1.82) is 0 Å². The van der Waals surface area contributed by atoms with Crippen molar-refractivity contribution in [3.05, 3.63) is 151 Å². The van der Waals surface area contributed by atoms with Gasteiger partial charge in [-0.1, -0.05) is 85.5 Å². The summed E-state index contributed by atoms with van der Waals surface area (Å²) in [5, 5.41) is 5.13. The monoisotopic (exact) mass is 921 g/mol. The zero-order valence-corrected chi connectivity index (χ0v) is 35.1. The molecule has 0 unspecified atom stereocenters. The van der Waals surface area contributed by atoms with Crippen LogP contribution in [0.4, 0.5) is 0 Å². The number of benzene rings is 5. The molecule has 257 valence electrons. The Morgan fingerprint density at radius 1 is 0.667 bits per heavy atom. The molecular weight excluding hydrogens is 877 g/mol. The zero-order chi connectivity index (χ0) is 34.7. The Labute approximate surface area is 322 Å². The van der Waals surface area contributed by atoms with Crippen molar-refractivity contribution in [2.75, 3.05) is 0 Å². The van der Waals surface area contributed by atoms with E-state index in [1.165, 1.54) is 52.0 Å². The van der Waals surface area contributed by atoms with Crippen LogP contribution in [-0.4, -0.2) is 23.2 Å². The van der Waals surface area contributed by atoms with Crippen molar-refractivity contribution in [3.63, 3.8) is 0 Å². The fourth-order valence-electron chi connectivity index (χ4n) is 6.66. The minimum absolute atomic E-state index is 0. The molecule has 2 nitrogen and oxygen atoms in total. The van der Waals surface area contributed by atoms with Crippen molar-refractivity contribution >= 4 is 59.9 Å². The molecule has 3 heterocycles. The van der Waals surface area contributed by atoms with Crippen molar-refractivity contribution in [2.45, 2.75) is 49.9 Å². The van der Waals surface area contributed by atoms with E-state index in [0.717, 1.165) is 35.4 Å². The first-order valence-corrected chi connectivity index (χ1v) is 25.7. The van der Waals surface area contributed by atoms with E-state index in [0.29, 0.717) is 5.92 Å². The molecule has 51 heavy (non-hydrogen) atoms. The molecule has 0 saturated carbocycles. The summed E-state index contributed by atoms with van der Waals surface area (Å²) in [7, 11) is 0. The maximum Gasteiger partial charge on any atom is 0 e. The largest absolute Gasteiger partial charge is 0 e. The summed E-state index contributed by atoms with van der Waals surface area (Å²) in [5.41, 5.74) is 8.07. The van der Waals surface area contributed by atoms with E-state index in [4.69, 9.17) is 0 Å². The van der Waals surface area contributed by atoms with E-state index in [1.807, 2.05) is 48.0 Å². The van der Waals surface area contributed by atoms with E-state index < -0.39 is 13.3 Å². The second-order valence-corrected chi connectivity index (χ2v) is 25.6. The molecule has 8 aromatic rings. The number of aromatic nitrogens is 2. The molecule has 0 aliphatic heterocycles. The van der Waals surface area contributed by atoms with Gasteiger partial charge in [0.25, 0.3) is 0 Å². The Kier molecular flexibility index (Phi) is 11.7. The second kappa shape index (κ2) is 16.2. The molecule has 0 atom stereocenters. The SMILES string of the molecule is CCC(CC)c1ccnc(-c2[c-]cc3c(c2)sc2ccc(-c4cccc5ccccc45)cc23)c1.[CH3][Ge]([CH3])([CH3])[c]1ccc(-c2[c-]cccc2)nc1.[Ir]. The standard InChI is InChI=1S/C32H26NS.C14H16GeN.Ir/c1-3-21(4-2)23-16-17-33-30(19-23)25-12-14-28-29-18-24(13-15-31(29)34-32(28)20-25)27-11-7-9-22-8-5-6-10-26(22)27;1-15(2,3)13-9-10-14(16-11-13)12-7-5-4-6-8-12;/h5-11,13-21H,3-4H2,1-2H3;4-7,9-11H,1-3H3;/q2*-1;. The van der Waals surface area contributed by atoms with E-state index in [-0.39, 0.29) is 20.1 Å². The Bertz CT molecular complexity index is 2390. The van der Waals surface area contributed by atoms with Gasteiger partial charge in [-0.05, 0) is 68.6 Å². The summed E-state index contributed by atoms with van der Waals surface area (Å²) < 4.78 is 4.04. The Balaban J connectivity index is 0.000000222. The first-order valence-electron chi connectivity index (χ1n) is 17.6. The van der Waals surface area contributed by atoms with Crippen molar-refractivity contribution in [1.82, 2.24) is 9.97 Å². The van der Waals surface area contributed by atoms with Gasteiger partial charge >= 0.3 is 99.8 Å². The van der Waals surface area contributed by atoms with Crippen LogP contribution in [0.25, 0.3) is 64.6 Å². The molecule has 8 rings (SSSR count). The summed E-state index contributed by atoms with van der Waals surface area (Å²) in [6.45, 7) is 4.52. The summed E-state index contributed by atoms with van der Waals surface area (Å²) in [6.07, 6.45) is 6.29. The zero-order valence-electron chi connectivity index (χ0n) is 29.8. The predicted octanol–water partition coefficient (Wildman–Crippen LogP) is 12.7. The molecule has 0 saturated heterocycles. The van der Waals surface area contributed by atoms with Gasteiger partial charge in [-0.25, -0.2) is 0 Å². The first kappa shape index (κ1) is 36.8. The van der Waals surface area contributed by atoms with Crippen LogP contribution < -0.4 is 4.40 Å². The Hall–Kier alpha value is -3.93. The number of pyridine rings is 2. The van der Waals surface area contributed by atoms with E-state index in [2.05, 4.69) is 150 Å². The van der Waals surface area contributed by atoms with Crippen LogP contribution in [0.3, 0.4) is 0 Å². The van der Waals surface area contributed by atoms with Gasteiger partial charge in [0.2, 0.25) is 0 Å². The average molecular weight is 920 g/mol. The van der Waals surface area contributed by atoms with Crippen LogP contribution in [0.1, 0.15) is 38.2 Å². The fourth-order valence-corrected chi connectivity index (χ4v) is 9.94. The molecule has 5 heteroatoms. The molecular formula is C46H42GeIrN2S-2. The molecule has 0 spiro atoms. The van der Waals surface area contributed by atoms with Crippen LogP contribution in [0.2, 0.25) is 17.3 Å². The summed E-state index contributed by atoms with van der Waals surface area (Å²) in [6, 6.07) is 49.9. The number of fused-ring (bicyclic) bond motifs is 4. The van der Waals surface area contributed by atoms with E-state index in [1.54, 1.807) is 0 Å². The average Bonchev–Trinajstić information content (AvgIpc) is 3.53. The quantitative estimate of drug-likeness (QED) is 0.118. The van der Waals surface area contributed by atoms with Gasteiger partial charge in [0, 0.05) is 31.0 Å². The summed E-state index contributed by atoms with van der Waals surface area (Å²) in [4.78, 5) is 9.21. The van der Waals surface area contributed by atoms with Crippen molar-refractivity contribution in [3.8, 4) is 33.6 Å². The van der Waals surface area contributed by atoms with Gasteiger partial charge < -0.3 is 4.98 Å². The molecule has 0 fully saturated rings. The number of thiophene rings is 1. The van der Waals surface area contributed by atoms with Gasteiger partial charge in [0.1, 0.15) is 0 Å². The normalized spacial score (nSPS) is 11.4. The molecule has 0 bridgehead atoms. The van der Waals surface area contributed by atoms with Gasteiger partial charge in [-0.2, -0.15) is 11.3 Å². The minimum Gasteiger partial charge on any atom is 0 e. The molecule has 3 aromatic heterocycles. The Morgan fingerprint density at radius 2 is 1.47 bits per heavy atom. The predicted molar refractivity (Wildman–Crippen MR) is 219 cm³/mol. The van der Waals surface area contributed by atoms with E-state index in [9.17, 15) is 0 Å². The minimum atomic E-state index is -1.72. The summed E-state index contributed by atoms with van der Waals surface area (Å²) in [5.74, 6) is 7.73. The topological polar surface area (TPSA) is 25.8 Å². The van der Waals surface area contributed by atoms with Gasteiger partial charge in [-0.3, -0.25) is 0 Å². The van der Waals surface area contributed by atoms with Gasteiger partial charge in [-0.15, -0.1) is 23.8 Å². The maximum absolute atomic E-state index is 4.68. The van der Waals surface area contributed by atoms with Crippen molar-refractivity contribution in [2.24, 2.45) is 0 Å². The molecule has 0 aliphatic carbocycles. The third-order valence-corrected chi connectivity index (χ3v) is 15.0. The van der Waals surface area contributed by atoms with Crippen LogP contribution in [0.5, 0.6) is 0 Å². The molecule has 0 aliphatic rings. The fraction of sp³-hybridized carbons (Fsp3) is 0.174. The number of hydrogen-bond donors (Lipinski definition) is 0. The third-order valence-electron chi connectivity index (χ3n) is 9.63. The number of hydrogen-bond acceptors (Lipinski definition) is 3.